The van der Waals surface area contributed by atoms with E-state index in [1.165, 1.54) is 25.1 Å². The molecule has 94 valence electrons. The van der Waals surface area contributed by atoms with Crippen LogP contribution in [0.3, 0.4) is 0 Å². The van der Waals surface area contributed by atoms with E-state index in [0.717, 1.165) is 0 Å². The van der Waals surface area contributed by atoms with Crippen LogP contribution in [0.25, 0.3) is 0 Å². The van der Waals surface area contributed by atoms with Crippen LogP contribution in [0, 0.1) is 0 Å². The van der Waals surface area contributed by atoms with Gasteiger partial charge in [0.1, 0.15) is 5.54 Å². The van der Waals surface area contributed by atoms with Gasteiger partial charge in [-0.05, 0) is 24.6 Å². The number of carboxylic acid groups (broad SMARTS) is 1. The number of benzene rings is 1. The van der Waals surface area contributed by atoms with E-state index in [2.05, 4.69) is 10.2 Å². The lowest BCUT2D eigenvalue weighted by atomic mass is 9.93. The highest BCUT2D eigenvalue weighted by molar-refractivity contribution is 5.78. The van der Waals surface area contributed by atoms with Crippen LogP contribution in [-0.2, 0) is 11.2 Å². The van der Waals surface area contributed by atoms with E-state index in [1.807, 2.05) is 0 Å². The van der Waals surface area contributed by atoms with Crippen molar-refractivity contribution in [2.75, 3.05) is 7.04 Å². The Balaban J connectivity index is 2.96. The summed E-state index contributed by atoms with van der Waals surface area (Å²) >= 11 is 0. The summed E-state index contributed by atoms with van der Waals surface area (Å²) in [5.74, 6) is 3.48. The second-order valence-electron chi connectivity index (χ2n) is 3.86. The Morgan fingerprint density at radius 2 is 2.41 bits per heavy atom. The molecule has 17 heavy (non-hydrogen) atoms. The largest absolute Gasteiger partial charge is 0.504 e. The van der Waals surface area contributed by atoms with Gasteiger partial charge in [0.25, 0.3) is 0 Å². The zero-order valence-corrected chi connectivity index (χ0v) is 9.23. The highest BCUT2D eigenvalue weighted by Gasteiger charge is 2.32. The molecule has 1 rings (SSSR count). The Kier molecular flexibility index (Phi) is 2.74. The number of phenols is 1. The molecule has 0 radical (unpaired) electrons. The van der Waals surface area contributed by atoms with E-state index in [0.29, 0.717) is 5.56 Å². The van der Waals surface area contributed by atoms with Gasteiger partial charge in [0.15, 0.2) is 11.5 Å². The van der Waals surface area contributed by atoms with Gasteiger partial charge in [0.05, 0.1) is 11.2 Å². The van der Waals surface area contributed by atoms with Crippen molar-refractivity contribution >= 4 is 5.97 Å². The van der Waals surface area contributed by atoms with Crippen LogP contribution in [-0.4, -0.2) is 28.8 Å². The van der Waals surface area contributed by atoms with Crippen molar-refractivity contribution in [1.29, 1.82) is 0 Å². The van der Waals surface area contributed by atoms with Crippen LogP contribution in [0.15, 0.2) is 18.2 Å². The third-order valence-corrected chi connectivity index (χ3v) is 2.48. The lowest BCUT2D eigenvalue weighted by Gasteiger charge is -2.23. The minimum atomic E-state index is -2.67. The van der Waals surface area contributed by atoms with Crippen LogP contribution in [0.5, 0.6) is 11.5 Å². The predicted octanol–water partition coefficient (Wildman–Crippen LogP) is 0.250. The van der Waals surface area contributed by atoms with Crippen LogP contribution in [0.1, 0.15) is 16.6 Å². The lowest BCUT2D eigenvalue weighted by Crippen LogP contribution is -2.54. The van der Waals surface area contributed by atoms with Gasteiger partial charge in [-0.3, -0.25) is 10.6 Å². The van der Waals surface area contributed by atoms with Gasteiger partial charge >= 0.3 is 5.97 Å². The molecule has 0 aromatic heterocycles. The minimum Gasteiger partial charge on any atom is -0.504 e. The highest BCUT2D eigenvalue weighted by Crippen LogP contribution is 2.27. The smallest absolute Gasteiger partial charge is 0.325 e. The van der Waals surface area contributed by atoms with Gasteiger partial charge in [0, 0.05) is 6.42 Å². The van der Waals surface area contributed by atoms with E-state index in [4.69, 9.17) is 15.1 Å². The number of ether oxygens (including phenoxy) is 1. The Labute approximate surface area is 103 Å². The molecule has 0 amide bonds. The number of aliphatic carboxylic acids is 1. The Hall–Kier alpha value is -1.79. The molecule has 0 aliphatic rings. The number of hydrogen-bond acceptors (Lipinski definition) is 5. The van der Waals surface area contributed by atoms with E-state index < -0.39 is 18.5 Å². The summed E-state index contributed by atoms with van der Waals surface area (Å²) in [6.07, 6.45) is 0.000438. The normalized spacial score (nSPS) is 17.4. The van der Waals surface area contributed by atoms with Gasteiger partial charge < -0.3 is 14.9 Å². The van der Waals surface area contributed by atoms with Gasteiger partial charge in [-0.25, -0.2) is 5.43 Å². The fourth-order valence-electron chi connectivity index (χ4n) is 1.36. The van der Waals surface area contributed by atoms with Crippen molar-refractivity contribution < 1.29 is 23.9 Å². The molecule has 6 nitrogen and oxygen atoms in total. The molecule has 0 aliphatic carbocycles. The topological polar surface area (TPSA) is 105 Å². The number of nitrogens with one attached hydrogen (secondary N) is 1. The number of hydrogen-bond donors (Lipinski definition) is 4. The van der Waals surface area contributed by atoms with Crippen molar-refractivity contribution in [2.45, 2.75) is 18.9 Å². The number of carboxylic acids is 1. The number of aromatic hydroxyl groups is 1. The summed E-state index contributed by atoms with van der Waals surface area (Å²) in [7, 11) is -2.67. The Bertz CT molecular complexity index is 507. The first kappa shape index (κ1) is 9.26. The summed E-state index contributed by atoms with van der Waals surface area (Å²) in [6, 6.07) is 3.95. The SMILES string of the molecule is [2H]C([2H])([2H])Oc1ccc(CC(C)(NN)C(=O)O)cc1O. The van der Waals surface area contributed by atoms with Crippen molar-refractivity contribution in [3.05, 3.63) is 23.8 Å². The first-order valence-electron chi connectivity index (χ1n) is 6.29. The van der Waals surface area contributed by atoms with Crippen LogP contribution < -0.4 is 16.0 Å². The summed E-state index contributed by atoms with van der Waals surface area (Å²) in [4.78, 5) is 11.1. The van der Waals surface area contributed by atoms with Crippen LogP contribution >= 0.6 is 0 Å². The average molecular weight is 243 g/mol. The molecule has 0 bridgehead atoms. The van der Waals surface area contributed by atoms with E-state index in [-0.39, 0.29) is 17.9 Å². The molecule has 6 heteroatoms. The maximum Gasteiger partial charge on any atom is 0.325 e. The third kappa shape index (κ3) is 2.86. The number of hydrazine groups is 1. The van der Waals surface area contributed by atoms with Crippen LogP contribution in [0.2, 0.25) is 0 Å². The summed E-state index contributed by atoms with van der Waals surface area (Å²) < 4.78 is 25.4. The molecule has 0 heterocycles. The highest BCUT2D eigenvalue weighted by atomic mass is 16.5. The Morgan fingerprint density at radius 3 is 2.88 bits per heavy atom. The summed E-state index contributed by atoms with van der Waals surface area (Å²) in [6.45, 7) is 1.39. The average Bonchev–Trinajstić information content (AvgIpc) is 2.31. The quantitative estimate of drug-likeness (QED) is 0.436. The summed E-state index contributed by atoms with van der Waals surface area (Å²) in [5.41, 5.74) is 1.25. The molecular formula is C11H16N2O4. The van der Waals surface area contributed by atoms with E-state index >= 15 is 0 Å². The molecule has 0 fully saturated rings. The van der Waals surface area contributed by atoms with Crippen LogP contribution in [0.4, 0.5) is 0 Å². The maximum atomic E-state index is 11.1. The fourth-order valence-corrected chi connectivity index (χ4v) is 1.36. The zero-order valence-electron chi connectivity index (χ0n) is 12.2. The summed E-state index contributed by atoms with van der Waals surface area (Å²) in [5, 5.41) is 18.8. The van der Waals surface area contributed by atoms with Crippen molar-refractivity contribution in [1.82, 2.24) is 5.43 Å². The van der Waals surface area contributed by atoms with Gasteiger partial charge in [-0.1, -0.05) is 6.07 Å². The predicted molar refractivity (Wildman–Crippen MR) is 61.7 cm³/mol. The van der Waals surface area contributed by atoms with E-state index in [9.17, 15) is 9.90 Å². The molecule has 0 spiro atoms. The first-order valence-corrected chi connectivity index (χ1v) is 4.79. The van der Waals surface area contributed by atoms with Crippen molar-refractivity contribution in [3.63, 3.8) is 0 Å². The third-order valence-electron chi connectivity index (χ3n) is 2.48. The molecule has 1 atom stereocenters. The number of carbonyl (C=O) groups is 1. The monoisotopic (exact) mass is 243 g/mol. The van der Waals surface area contributed by atoms with Gasteiger partial charge in [-0.2, -0.15) is 0 Å². The fraction of sp³-hybridized carbons (Fsp3) is 0.364. The number of nitrogens with two attached hydrogens (primary N) is 1. The maximum absolute atomic E-state index is 11.1. The molecule has 0 saturated carbocycles. The molecule has 0 aliphatic heterocycles. The van der Waals surface area contributed by atoms with Crippen molar-refractivity contribution in [2.24, 2.45) is 5.84 Å². The van der Waals surface area contributed by atoms with Gasteiger partial charge in [-0.15, -0.1) is 0 Å². The molecule has 1 aromatic rings. The minimum absolute atomic E-state index is 0.000438. The second-order valence-corrected chi connectivity index (χ2v) is 3.86. The molecule has 1 unspecified atom stereocenters. The van der Waals surface area contributed by atoms with E-state index in [1.54, 1.807) is 0 Å². The number of rotatable bonds is 5. The van der Waals surface area contributed by atoms with Gasteiger partial charge in [0.2, 0.25) is 0 Å². The standard InChI is InChI=1S/C11H16N2O4/c1-11(13-12,10(15)16)6-7-3-4-9(17-2)8(14)5-7/h3-5,13-14H,6,12H2,1-2H3,(H,15,16)/i2D3. The molecule has 0 saturated heterocycles. The lowest BCUT2D eigenvalue weighted by molar-refractivity contribution is -0.144. The first-order chi connectivity index (χ1) is 9.07. The second kappa shape index (κ2) is 5.03. The Morgan fingerprint density at radius 1 is 1.71 bits per heavy atom. The molecule has 5 N–H and O–H groups in total. The number of phenolic OH excluding ortho intramolecular Hbond substituents is 1. The van der Waals surface area contributed by atoms with Crippen molar-refractivity contribution in [3.8, 4) is 11.5 Å². The number of methoxy groups -OCH3 is 1. The zero-order chi connectivity index (χ0) is 15.6. The molecular weight excluding hydrogens is 224 g/mol. The molecule has 1 aromatic carbocycles.